The molecule has 0 bridgehead atoms. The van der Waals surface area contributed by atoms with Gasteiger partial charge in [0.05, 0.1) is 5.94 Å². The van der Waals surface area contributed by atoms with Crippen molar-refractivity contribution in [2.45, 2.75) is 44.8 Å². The summed E-state index contributed by atoms with van der Waals surface area (Å²) < 4.78 is 5.45. The number of rotatable bonds is 2. The van der Waals surface area contributed by atoms with E-state index in [1.807, 2.05) is 11.8 Å². The van der Waals surface area contributed by atoms with Gasteiger partial charge in [-0.2, -0.15) is 0 Å². The summed E-state index contributed by atoms with van der Waals surface area (Å²) in [6.45, 7) is 5.59. The molecule has 0 radical (unpaired) electrons. The van der Waals surface area contributed by atoms with Crippen molar-refractivity contribution in [2.75, 3.05) is 12.5 Å². The van der Waals surface area contributed by atoms with Crippen LogP contribution in [0.3, 0.4) is 0 Å². The normalized spacial score (nSPS) is 26.8. The third-order valence-electron chi connectivity index (χ3n) is 2.19. The highest BCUT2D eigenvalue weighted by atomic mass is 32.2. The molecule has 72 valence electrons. The minimum Gasteiger partial charge on any atom is -0.371 e. The Morgan fingerprint density at radius 1 is 1.42 bits per heavy atom. The molecule has 1 saturated heterocycles. The van der Waals surface area contributed by atoms with Gasteiger partial charge in [-0.25, -0.2) is 0 Å². The van der Waals surface area contributed by atoms with Gasteiger partial charge in [0.15, 0.2) is 0 Å². The standard InChI is InChI=1S/C10H20OS/c1-9(2)7-10-5-3-4-6-11-8-12-10/h9-10H,3-8H2,1-2H3. The average Bonchev–Trinajstić information content (AvgIpc) is 1.93. The number of ether oxygens (including phenoxy) is 1. The SMILES string of the molecule is CC(C)CC1CCCCOCS1. The molecule has 1 heterocycles. The van der Waals surface area contributed by atoms with Crippen LogP contribution in [0.25, 0.3) is 0 Å². The molecule has 1 atom stereocenters. The van der Waals surface area contributed by atoms with E-state index in [0.29, 0.717) is 0 Å². The Kier molecular flexibility index (Phi) is 5.08. The van der Waals surface area contributed by atoms with Gasteiger partial charge in [-0.3, -0.25) is 0 Å². The van der Waals surface area contributed by atoms with E-state index in [-0.39, 0.29) is 0 Å². The zero-order chi connectivity index (χ0) is 8.81. The van der Waals surface area contributed by atoms with Gasteiger partial charge in [0.25, 0.3) is 0 Å². The summed E-state index contributed by atoms with van der Waals surface area (Å²) in [5.41, 5.74) is 0. The van der Waals surface area contributed by atoms with Crippen molar-refractivity contribution in [3.63, 3.8) is 0 Å². The van der Waals surface area contributed by atoms with Gasteiger partial charge in [-0.15, -0.1) is 11.8 Å². The summed E-state index contributed by atoms with van der Waals surface area (Å²) in [6.07, 6.45) is 5.36. The quantitative estimate of drug-likeness (QED) is 0.657. The van der Waals surface area contributed by atoms with Gasteiger partial charge in [0, 0.05) is 11.9 Å². The molecule has 1 unspecified atom stereocenters. The van der Waals surface area contributed by atoms with Crippen LogP contribution in [0, 0.1) is 5.92 Å². The molecule has 0 spiro atoms. The third kappa shape index (κ3) is 4.36. The first kappa shape index (κ1) is 10.4. The Bertz CT molecular complexity index is 106. The second kappa shape index (κ2) is 5.87. The van der Waals surface area contributed by atoms with Gasteiger partial charge >= 0.3 is 0 Å². The van der Waals surface area contributed by atoms with Crippen LogP contribution in [0.5, 0.6) is 0 Å². The Balaban J connectivity index is 2.20. The lowest BCUT2D eigenvalue weighted by Gasteiger charge is -2.20. The molecule has 1 nitrogen and oxygen atoms in total. The van der Waals surface area contributed by atoms with E-state index >= 15 is 0 Å². The van der Waals surface area contributed by atoms with Crippen molar-refractivity contribution in [3.05, 3.63) is 0 Å². The summed E-state index contributed by atoms with van der Waals surface area (Å²) in [5.74, 6) is 1.75. The predicted octanol–water partition coefficient (Wildman–Crippen LogP) is 3.29. The van der Waals surface area contributed by atoms with Crippen molar-refractivity contribution >= 4 is 11.8 Å². The first-order chi connectivity index (χ1) is 5.79. The number of thioether (sulfide) groups is 1. The van der Waals surface area contributed by atoms with Gasteiger partial charge in [-0.1, -0.05) is 20.3 Å². The molecule has 1 rings (SSSR count). The minimum atomic E-state index is 0.835. The first-order valence-electron chi connectivity index (χ1n) is 4.98. The molecular formula is C10H20OS. The lowest BCUT2D eigenvalue weighted by molar-refractivity contribution is 0.172. The minimum absolute atomic E-state index is 0.835. The highest BCUT2D eigenvalue weighted by molar-refractivity contribution is 7.99. The lowest BCUT2D eigenvalue weighted by atomic mass is 10.0. The second-order valence-corrected chi connectivity index (χ2v) is 5.18. The summed E-state index contributed by atoms with van der Waals surface area (Å²) in [6, 6.07) is 0. The predicted molar refractivity (Wildman–Crippen MR) is 55.5 cm³/mol. The van der Waals surface area contributed by atoms with E-state index < -0.39 is 0 Å². The largest absolute Gasteiger partial charge is 0.371 e. The monoisotopic (exact) mass is 188 g/mol. The van der Waals surface area contributed by atoms with E-state index in [1.165, 1.54) is 25.7 Å². The molecule has 1 aliphatic heterocycles. The second-order valence-electron chi connectivity index (χ2n) is 3.94. The summed E-state index contributed by atoms with van der Waals surface area (Å²) in [7, 11) is 0. The van der Waals surface area contributed by atoms with E-state index in [0.717, 1.165) is 23.7 Å². The Morgan fingerprint density at radius 3 is 3.00 bits per heavy atom. The van der Waals surface area contributed by atoms with Crippen molar-refractivity contribution in [2.24, 2.45) is 5.92 Å². The van der Waals surface area contributed by atoms with Crippen LogP contribution in [0.2, 0.25) is 0 Å². The summed E-state index contributed by atoms with van der Waals surface area (Å²) >= 11 is 2.00. The molecule has 1 aliphatic rings. The fraction of sp³-hybridized carbons (Fsp3) is 1.00. The zero-order valence-corrected chi connectivity index (χ0v) is 9.03. The smallest absolute Gasteiger partial charge is 0.0923 e. The molecule has 0 aromatic heterocycles. The molecule has 0 aromatic carbocycles. The summed E-state index contributed by atoms with van der Waals surface area (Å²) in [4.78, 5) is 0. The van der Waals surface area contributed by atoms with Gasteiger partial charge in [-0.05, 0) is 25.2 Å². The molecule has 1 fully saturated rings. The van der Waals surface area contributed by atoms with E-state index in [1.54, 1.807) is 0 Å². The Labute approximate surface area is 80.3 Å². The van der Waals surface area contributed by atoms with Crippen LogP contribution in [-0.4, -0.2) is 17.8 Å². The highest BCUT2D eigenvalue weighted by Crippen LogP contribution is 2.25. The van der Waals surface area contributed by atoms with E-state index in [2.05, 4.69) is 13.8 Å². The average molecular weight is 188 g/mol. The maximum absolute atomic E-state index is 5.45. The van der Waals surface area contributed by atoms with Crippen LogP contribution >= 0.6 is 11.8 Å². The van der Waals surface area contributed by atoms with Crippen LogP contribution in [0.4, 0.5) is 0 Å². The Morgan fingerprint density at radius 2 is 2.25 bits per heavy atom. The van der Waals surface area contributed by atoms with Crippen LogP contribution in [-0.2, 0) is 4.74 Å². The van der Waals surface area contributed by atoms with Gasteiger partial charge in [0.2, 0.25) is 0 Å². The first-order valence-corrected chi connectivity index (χ1v) is 6.03. The maximum Gasteiger partial charge on any atom is 0.0923 e. The Hall–Kier alpha value is 0.310. The number of hydrogen-bond acceptors (Lipinski definition) is 2. The van der Waals surface area contributed by atoms with Crippen LogP contribution in [0.15, 0.2) is 0 Å². The topological polar surface area (TPSA) is 9.23 Å². The third-order valence-corrected chi connectivity index (χ3v) is 3.39. The van der Waals surface area contributed by atoms with E-state index in [9.17, 15) is 0 Å². The molecule has 0 saturated carbocycles. The van der Waals surface area contributed by atoms with Crippen LogP contribution in [0.1, 0.15) is 39.5 Å². The molecule has 12 heavy (non-hydrogen) atoms. The van der Waals surface area contributed by atoms with Crippen molar-refractivity contribution in [3.8, 4) is 0 Å². The summed E-state index contributed by atoms with van der Waals surface area (Å²) in [5, 5.41) is 0.852. The highest BCUT2D eigenvalue weighted by Gasteiger charge is 2.12. The van der Waals surface area contributed by atoms with Gasteiger partial charge < -0.3 is 4.74 Å². The zero-order valence-electron chi connectivity index (χ0n) is 8.21. The lowest BCUT2D eigenvalue weighted by Crippen LogP contribution is -2.12. The number of hydrogen-bond donors (Lipinski definition) is 0. The molecule has 0 N–H and O–H groups in total. The van der Waals surface area contributed by atoms with E-state index in [4.69, 9.17) is 4.74 Å². The maximum atomic E-state index is 5.45. The van der Waals surface area contributed by atoms with Crippen molar-refractivity contribution in [1.82, 2.24) is 0 Å². The van der Waals surface area contributed by atoms with Crippen molar-refractivity contribution in [1.29, 1.82) is 0 Å². The fourth-order valence-electron chi connectivity index (χ4n) is 1.57. The molecule has 2 heteroatoms. The van der Waals surface area contributed by atoms with Crippen LogP contribution < -0.4 is 0 Å². The van der Waals surface area contributed by atoms with Gasteiger partial charge in [0.1, 0.15) is 0 Å². The molecular weight excluding hydrogens is 168 g/mol. The van der Waals surface area contributed by atoms with Crippen molar-refractivity contribution < 1.29 is 4.74 Å². The molecule has 0 aromatic rings. The fourth-order valence-corrected chi connectivity index (χ4v) is 2.84. The molecule has 0 amide bonds. The molecule has 0 aliphatic carbocycles.